The van der Waals surface area contributed by atoms with Crippen molar-refractivity contribution in [1.29, 1.82) is 0 Å². The van der Waals surface area contributed by atoms with Crippen molar-refractivity contribution in [3.63, 3.8) is 0 Å². The molecule has 0 bridgehead atoms. The molecule has 0 aliphatic heterocycles. The fourth-order valence-corrected chi connectivity index (χ4v) is 1.81. The van der Waals surface area contributed by atoms with Gasteiger partial charge in [0.15, 0.2) is 0 Å². The summed E-state index contributed by atoms with van der Waals surface area (Å²) in [6.07, 6.45) is 3.16. The molecule has 0 saturated heterocycles. The average Bonchev–Trinajstić information content (AvgIpc) is 2.10. The summed E-state index contributed by atoms with van der Waals surface area (Å²) in [4.78, 5) is 0. The normalized spacial score (nSPS) is 43.2. The fourth-order valence-electron chi connectivity index (χ4n) is 1.81. The van der Waals surface area contributed by atoms with Gasteiger partial charge in [0.25, 0.3) is 0 Å². The van der Waals surface area contributed by atoms with E-state index in [1.807, 2.05) is 19.9 Å². The predicted molar refractivity (Wildman–Crippen MR) is 55.0 cm³/mol. The zero-order valence-corrected chi connectivity index (χ0v) is 9.32. The minimum Gasteiger partial charge on any atom is -0.390 e. The molecule has 0 aromatic heterocycles. The van der Waals surface area contributed by atoms with Crippen LogP contribution >= 0.6 is 0 Å². The lowest BCUT2D eigenvalue weighted by Crippen LogP contribution is -2.50. The van der Waals surface area contributed by atoms with Crippen LogP contribution < -0.4 is 0 Å². The van der Waals surface area contributed by atoms with Crippen LogP contribution in [0.2, 0.25) is 0 Å². The third kappa shape index (κ3) is 1.85. The Hall–Kier alpha value is -0.380. The molecule has 1 aliphatic carbocycles. The lowest BCUT2D eigenvalue weighted by Gasteiger charge is -2.42. The molecule has 82 valence electrons. The molecule has 0 fully saturated rings. The number of hydrogen-bond acceptors (Lipinski definition) is 3. The van der Waals surface area contributed by atoms with Crippen molar-refractivity contribution < 1.29 is 14.9 Å². The van der Waals surface area contributed by atoms with E-state index in [-0.39, 0.29) is 5.92 Å². The first-order chi connectivity index (χ1) is 6.34. The van der Waals surface area contributed by atoms with Crippen LogP contribution in [-0.2, 0) is 4.74 Å². The topological polar surface area (TPSA) is 49.7 Å². The maximum absolute atomic E-state index is 9.77. The highest BCUT2D eigenvalue weighted by Gasteiger charge is 2.43. The van der Waals surface area contributed by atoms with Crippen molar-refractivity contribution in [2.24, 2.45) is 5.92 Å². The van der Waals surface area contributed by atoms with Gasteiger partial charge in [-0.05, 0) is 12.8 Å². The number of hydrogen-bond donors (Lipinski definition) is 2. The van der Waals surface area contributed by atoms with Gasteiger partial charge in [-0.1, -0.05) is 26.0 Å². The molecule has 0 radical (unpaired) electrons. The van der Waals surface area contributed by atoms with E-state index in [9.17, 15) is 10.2 Å². The Morgan fingerprint density at radius 2 is 2.00 bits per heavy atom. The maximum Gasteiger partial charge on any atom is 0.106 e. The Balaban J connectivity index is 2.96. The van der Waals surface area contributed by atoms with E-state index < -0.39 is 17.3 Å². The Bertz CT molecular complexity index is 233. The van der Waals surface area contributed by atoms with Gasteiger partial charge in [-0.3, -0.25) is 0 Å². The van der Waals surface area contributed by atoms with Gasteiger partial charge in [-0.15, -0.1) is 0 Å². The van der Waals surface area contributed by atoms with E-state index in [2.05, 4.69) is 0 Å². The van der Waals surface area contributed by atoms with Crippen molar-refractivity contribution in [3.05, 3.63) is 12.2 Å². The van der Waals surface area contributed by atoms with Gasteiger partial charge in [0, 0.05) is 13.5 Å². The smallest absolute Gasteiger partial charge is 0.106 e. The lowest BCUT2D eigenvalue weighted by molar-refractivity contribution is -0.105. The van der Waals surface area contributed by atoms with Gasteiger partial charge >= 0.3 is 0 Å². The van der Waals surface area contributed by atoms with Gasteiger partial charge in [0.2, 0.25) is 0 Å². The highest BCUT2D eigenvalue weighted by molar-refractivity contribution is 5.18. The highest BCUT2D eigenvalue weighted by Crippen LogP contribution is 2.36. The van der Waals surface area contributed by atoms with E-state index in [4.69, 9.17) is 4.74 Å². The molecule has 14 heavy (non-hydrogen) atoms. The molecule has 1 rings (SSSR count). The van der Waals surface area contributed by atoms with Crippen LogP contribution in [0, 0.1) is 5.92 Å². The molecule has 0 heterocycles. The summed E-state index contributed by atoms with van der Waals surface area (Å²) in [7, 11) is 1.64. The van der Waals surface area contributed by atoms with E-state index in [0.717, 1.165) is 0 Å². The molecule has 3 unspecified atom stereocenters. The first kappa shape index (κ1) is 11.7. The fraction of sp³-hybridized carbons (Fsp3) is 0.818. The molecule has 0 spiro atoms. The summed E-state index contributed by atoms with van der Waals surface area (Å²) in [6, 6.07) is 0. The molecule has 3 nitrogen and oxygen atoms in total. The van der Waals surface area contributed by atoms with Crippen molar-refractivity contribution in [1.82, 2.24) is 0 Å². The number of ether oxygens (including phenoxy) is 1. The summed E-state index contributed by atoms with van der Waals surface area (Å²) in [5.41, 5.74) is -1.57. The minimum absolute atomic E-state index is 0.273. The van der Waals surface area contributed by atoms with Crippen molar-refractivity contribution in [2.45, 2.75) is 44.5 Å². The molecular weight excluding hydrogens is 180 g/mol. The van der Waals surface area contributed by atoms with Gasteiger partial charge in [-0.25, -0.2) is 0 Å². The van der Waals surface area contributed by atoms with E-state index in [1.165, 1.54) is 0 Å². The van der Waals surface area contributed by atoms with Crippen LogP contribution in [0.5, 0.6) is 0 Å². The largest absolute Gasteiger partial charge is 0.390 e. The summed E-state index contributed by atoms with van der Waals surface area (Å²) < 4.78 is 5.45. The summed E-state index contributed by atoms with van der Waals surface area (Å²) in [5, 5.41) is 19.5. The Labute approximate surface area is 85.4 Å². The van der Waals surface area contributed by atoms with Crippen LogP contribution in [0.1, 0.15) is 27.2 Å². The third-order valence-corrected chi connectivity index (χ3v) is 3.25. The molecule has 3 heteroatoms. The average molecular weight is 200 g/mol. The number of aliphatic hydroxyl groups is 2. The van der Waals surface area contributed by atoms with Crippen LogP contribution in [0.3, 0.4) is 0 Å². The van der Waals surface area contributed by atoms with E-state index in [1.54, 1.807) is 20.1 Å². The van der Waals surface area contributed by atoms with Crippen LogP contribution in [-0.4, -0.2) is 34.6 Å². The van der Waals surface area contributed by atoms with Gasteiger partial charge in [0.05, 0.1) is 11.7 Å². The van der Waals surface area contributed by atoms with Crippen LogP contribution in [0.15, 0.2) is 12.2 Å². The SMILES string of the molecule is COC1(C(C)C)C=CC(C)(O)C(O)C1. The Kier molecular flexibility index (Phi) is 3.04. The molecule has 0 amide bonds. The summed E-state index contributed by atoms with van der Waals surface area (Å²) in [6.45, 7) is 5.69. The molecule has 0 aromatic carbocycles. The van der Waals surface area contributed by atoms with Crippen LogP contribution in [0.25, 0.3) is 0 Å². The summed E-state index contributed by atoms with van der Waals surface area (Å²) in [5.74, 6) is 0.273. The molecule has 0 saturated carbocycles. The zero-order chi connectivity index (χ0) is 11.0. The zero-order valence-electron chi connectivity index (χ0n) is 9.32. The van der Waals surface area contributed by atoms with Gasteiger partial charge in [-0.2, -0.15) is 0 Å². The monoisotopic (exact) mass is 200 g/mol. The number of rotatable bonds is 2. The minimum atomic E-state index is -1.13. The number of methoxy groups -OCH3 is 1. The molecule has 2 N–H and O–H groups in total. The van der Waals surface area contributed by atoms with E-state index >= 15 is 0 Å². The second-order valence-corrected chi connectivity index (χ2v) is 4.59. The quantitative estimate of drug-likeness (QED) is 0.656. The molecule has 3 atom stereocenters. The first-order valence-electron chi connectivity index (χ1n) is 5.00. The van der Waals surface area contributed by atoms with Crippen molar-refractivity contribution >= 4 is 0 Å². The first-order valence-corrected chi connectivity index (χ1v) is 5.00. The predicted octanol–water partition coefficient (Wildman–Crippen LogP) is 1.10. The Morgan fingerprint density at radius 3 is 2.36 bits per heavy atom. The Morgan fingerprint density at radius 1 is 1.43 bits per heavy atom. The second-order valence-electron chi connectivity index (χ2n) is 4.59. The number of aliphatic hydroxyl groups excluding tert-OH is 1. The van der Waals surface area contributed by atoms with Crippen molar-refractivity contribution in [3.8, 4) is 0 Å². The van der Waals surface area contributed by atoms with Gasteiger partial charge in [0.1, 0.15) is 5.60 Å². The third-order valence-electron chi connectivity index (χ3n) is 3.25. The van der Waals surface area contributed by atoms with E-state index in [0.29, 0.717) is 6.42 Å². The highest BCUT2D eigenvalue weighted by atomic mass is 16.5. The standard InChI is InChI=1S/C11H20O3/c1-8(2)11(14-4)6-5-10(3,13)9(12)7-11/h5-6,8-9,12-13H,7H2,1-4H3. The second kappa shape index (κ2) is 3.65. The molecular formula is C11H20O3. The van der Waals surface area contributed by atoms with Gasteiger partial charge < -0.3 is 14.9 Å². The lowest BCUT2D eigenvalue weighted by atomic mass is 9.75. The van der Waals surface area contributed by atoms with Crippen LogP contribution in [0.4, 0.5) is 0 Å². The molecule has 0 aromatic rings. The van der Waals surface area contributed by atoms with Crippen molar-refractivity contribution in [2.75, 3.05) is 7.11 Å². The summed E-state index contributed by atoms with van der Waals surface area (Å²) >= 11 is 0. The maximum atomic E-state index is 9.77. The molecule has 1 aliphatic rings.